The number of carbonyl (C=O) groups excluding carboxylic acids is 2. The first-order chi connectivity index (χ1) is 15.1. The van der Waals surface area contributed by atoms with E-state index in [1.807, 2.05) is 0 Å². The number of carboxylic acids is 1. The van der Waals surface area contributed by atoms with Gasteiger partial charge < -0.3 is 19.3 Å². The third-order valence-electron chi connectivity index (χ3n) is 4.76. The van der Waals surface area contributed by atoms with Crippen LogP contribution in [0.15, 0.2) is 34.5 Å². The van der Waals surface area contributed by atoms with Crippen molar-refractivity contribution in [3.8, 4) is 5.75 Å². The summed E-state index contributed by atoms with van der Waals surface area (Å²) in [5.74, 6) is -4.89. The lowest BCUT2D eigenvalue weighted by molar-refractivity contribution is -0.385. The summed E-state index contributed by atoms with van der Waals surface area (Å²) in [5.41, 5.74) is 0.577. The van der Waals surface area contributed by atoms with Gasteiger partial charge in [0.15, 0.2) is 6.61 Å². The molecule has 0 radical (unpaired) electrons. The molecule has 1 heterocycles. The van der Waals surface area contributed by atoms with Crippen LogP contribution in [0.1, 0.15) is 39.2 Å². The average Bonchev–Trinajstić information content (AvgIpc) is 2.71. The van der Waals surface area contributed by atoms with Gasteiger partial charge in [0.05, 0.1) is 29.8 Å². The number of hydrogen-bond donors (Lipinski definition) is 1. The first-order valence-corrected chi connectivity index (χ1v) is 9.84. The smallest absolute Gasteiger partial charge is 0.341 e. The standard InChI is InChI=1S/C21H24N2O9/c1-5-30-20(26)17-11(3)22-12(4)18(21(27)31-6-2)19(17)14-8-7-13(23(28)29)9-15(14)32-10-16(24)25/h7-9,17,19H,5-6,10H2,1-4H3,(H,24,25). The van der Waals surface area contributed by atoms with Gasteiger partial charge in [-0.25, -0.2) is 9.59 Å². The quantitative estimate of drug-likeness (QED) is 0.341. The van der Waals surface area contributed by atoms with E-state index in [0.717, 1.165) is 6.07 Å². The van der Waals surface area contributed by atoms with Crippen LogP contribution >= 0.6 is 0 Å². The summed E-state index contributed by atoms with van der Waals surface area (Å²) in [6, 6.07) is 3.57. The molecular formula is C21H24N2O9. The molecule has 0 spiro atoms. The fourth-order valence-electron chi connectivity index (χ4n) is 3.54. The van der Waals surface area contributed by atoms with Crippen molar-refractivity contribution in [3.63, 3.8) is 0 Å². The molecule has 1 aliphatic rings. The summed E-state index contributed by atoms with van der Waals surface area (Å²) in [5, 5.41) is 20.3. The van der Waals surface area contributed by atoms with Crippen molar-refractivity contribution in [2.75, 3.05) is 19.8 Å². The number of benzene rings is 1. The van der Waals surface area contributed by atoms with E-state index in [-0.39, 0.29) is 35.8 Å². The second-order valence-corrected chi connectivity index (χ2v) is 6.84. The molecule has 1 aromatic carbocycles. The molecule has 0 aliphatic carbocycles. The normalized spacial score (nSPS) is 17.9. The number of nitrogens with zero attached hydrogens (tertiary/aromatic N) is 2. The van der Waals surface area contributed by atoms with Gasteiger partial charge in [-0.3, -0.25) is 19.9 Å². The maximum atomic E-state index is 12.9. The van der Waals surface area contributed by atoms with Gasteiger partial charge >= 0.3 is 17.9 Å². The van der Waals surface area contributed by atoms with Crippen LogP contribution in [0.5, 0.6) is 5.75 Å². The van der Waals surface area contributed by atoms with Crippen LogP contribution in [0.4, 0.5) is 5.69 Å². The number of nitro benzene ring substituents is 1. The Morgan fingerprint density at radius 2 is 1.81 bits per heavy atom. The Morgan fingerprint density at radius 1 is 1.16 bits per heavy atom. The van der Waals surface area contributed by atoms with E-state index < -0.39 is 41.3 Å². The minimum atomic E-state index is -1.30. The molecule has 172 valence electrons. The molecule has 0 saturated carbocycles. The zero-order valence-corrected chi connectivity index (χ0v) is 18.1. The maximum absolute atomic E-state index is 12.9. The third kappa shape index (κ3) is 5.29. The van der Waals surface area contributed by atoms with Crippen LogP contribution in [-0.2, 0) is 23.9 Å². The summed E-state index contributed by atoms with van der Waals surface area (Å²) < 4.78 is 15.7. The Kier molecular flexibility index (Phi) is 8.05. The second-order valence-electron chi connectivity index (χ2n) is 6.84. The van der Waals surface area contributed by atoms with Gasteiger partial charge in [-0.2, -0.15) is 0 Å². The van der Waals surface area contributed by atoms with E-state index in [1.54, 1.807) is 27.7 Å². The number of ether oxygens (including phenoxy) is 3. The number of rotatable bonds is 9. The minimum Gasteiger partial charge on any atom is -0.481 e. The molecule has 2 atom stereocenters. The van der Waals surface area contributed by atoms with E-state index in [4.69, 9.17) is 19.3 Å². The summed E-state index contributed by atoms with van der Waals surface area (Å²) in [4.78, 5) is 51.7. The van der Waals surface area contributed by atoms with Gasteiger partial charge in [-0.15, -0.1) is 0 Å². The number of non-ortho nitro benzene ring substituents is 1. The van der Waals surface area contributed by atoms with Crippen LogP contribution in [0.2, 0.25) is 0 Å². The van der Waals surface area contributed by atoms with E-state index in [2.05, 4.69) is 4.99 Å². The highest BCUT2D eigenvalue weighted by Gasteiger charge is 2.44. The predicted octanol–water partition coefficient (Wildman–Crippen LogP) is 2.63. The molecule has 0 aromatic heterocycles. The summed E-state index contributed by atoms with van der Waals surface area (Å²) in [6.07, 6.45) is 0. The van der Waals surface area contributed by atoms with Crippen molar-refractivity contribution in [3.05, 3.63) is 45.1 Å². The molecule has 1 N–H and O–H groups in total. The number of aliphatic imine (C=N–C) groups is 1. The first-order valence-electron chi connectivity index (χ1n) is 9.84. The van der Waals surface area contributed by atoms with Gasteiger partial charge in [0.2, 0.25) is 0 Å². The van der Waals surface area contributed by atoms with Crippen molar-refractivity contribution >= 4 is 29.3 Å². The number of allylic oxidation sites excluding steroid dienone is 1. The first kappa shape index (κ1) is 24.5. The Balaban J connectivity index is 2.76. The van der Waals surface area contributed by atoms with E-state index in [0.29, 0.717) is 11.4 Å². The largest absolute Gasteiger partial charge is 0.481 e. The van der Waals surface area contributed by atoms with E-state index >= 15 is 0 Å². The summed E-state index contributed by atoms with van der Waals surface area (Å²) in [7, 11) is 0. The number of carboxylic acid groups (broad SMARTS) is 1. The van der Waals surface area contributed by atoms with Crippen LogP contribution in [0.3, 0.4) is 0 Å². The molecule has 2 rings (SSSR count). The zero-order chi connectivity index (χ0) is 24.0. The maximum Gasteiger partial charge on any atom is 0.341 e. The van der Waals surface area contributed by atoms with Crippen LogP contribution in [-0.4, -0.2) is 53.5 Å². The molecule has 0 bridgehead atoms. The van der Waals surface area contributed by atoms with Crippen LogP contribution in [0, 0.1) is 16.0 Å². The molecule has 11 heteroatoms. The van der Waals surface area contributed by atoms with E-state index in [1.165, 1.54) is 12.1 Å². The van der Waals surface area contributed by atoms with Crippen molar-refractivity contribution in [2.24, 2.45) is 10.9 Å². The number of carbonyl (C=O) groups is 3. The molecule has 0 saturated heterocycles. The molecule has 11 nitrogen and oxygen atoms in total. The molecule has 2 unspecified atom stereocenters. The topological polar surface area (TPSA) is 155 Å². The molecule has 0 amide bonds. The van der Waals surface area contributed by atoms with Gasteiger partial charge in [0, 0.05) is 29.0 Å². The molecule has 1 aromatic rings. The SMILES string of the molecule is CCOC(=O)C1=C(C)N=C(C)C(C(=O)OCC)C1c1ccc([N+](=O)[O-])cc1OCC(=O)O. The fraction of sp³-hybridized carbons (Fsp3) is 0.429. The lowest BCUT2D eigenvalue weighted by Crippen LogP contribution is -2.36. The molecule has 0 fully saturated rings. The average molecular weight is 448 g/mol. The zero-order valence-electron chi connectivity index (χ0n) is 18.1. The Labute approximate surface area is 183 Å². The number of aliphatic carboxylic acids is 1. The van der Waals surface area contributed by atoms with Crippen molar-refractivity contribution in [1.82, 2.24) is 0 Å². The number of hydrogen-bond acceptors (Lipinski definition) is 9. The summed E-state index contributed by atoms with van der Waals surface area (Å²) >= 11 is 0. The van der Waals surface area contributed by atoms with Gasteiger partial charge in [-0.05, 0) is 33.8 Å². The summed E-state index contributed by atoms with van der Waals surface area (Å²) in [6.45, 7) is 5.79. The van der Waals surface area contributed by atoms with Gasteiger partial charge in [0.25, 0.3) is 5.69 Å². The Hall–Kier alpha value is -3.76. The fourth-order valence-corrected chi connectivity index (χ4v) is 3.54. The molecule has 1 aliphatic heterocycles. The molecule has 32 heavy (non-hydrogen) atoms. The van der Waals surface area contributed by atoms with Gasteiger partial charge in [-0.1, -0.05) is 0 Å². The lowest BCUT2D eigenvalue weighted by atomic mass is 9.75. The number of esters is 2. The highest BCUT2D eigenvalue weighted by molar-refractivity contribution is 6.07. The highest BCUT2D eigenvalue weighted by atomic mass is 16.6. The van der Waals surface area contributed by atoms with Crippen LogP contribution in [0.25, 0.3) is 0 Å². The van der Waals surface area contributed by atoms with Crippen molar-refractivity contribution in [2.45, 2.75) is 33.6 Å². The van der Waals surface area contributed by atoms with Crippen molar-refractivity contribution < 1.29 is 38.6 Å². The third-order valence-corrected chi connectivity index (χ3v) is 4.76. The van der Waals surface area contributed by atoms with Crippen LogP contribution < -0.4 is 4.74 Å². The Morgan fingerprint density at radius 3 is 2.38 bits per heavy atom. The Bertz CT molecular complexity index is 997. The highest BCUT2D eigenvalue weighted by Crippen LogP contribution is 2.44. The number of nitro groups is 1. The van der Waals surface area contributed by atoms with Gasteiger partial charge in [0.1, 0.15) is 11.7 Å². The predicted molar refractivity (Wildman–Crippen MR) is 112 cm³/mol. The van der Waals surface area contributed by atoms with Crippen molar-refractivity contribution in [1.29, 1.82) is 0 Å². The monoisotopic (exact) mass is 448 g/mol. The second kappa shape index (κ2) is 10.5. The lowest BCUT2D eigenvalue weighted by Gasteiger charge is -2.32. The van der Waals surface area contributed by atoms with E-state index in [9.17, 15) is 24.5 Å². The molecular weight excluding hydrogens is 424 g/mol. The minimum absolute atomic E-state index is 0.0598.